The summed E-state index contributed by atoms with van der Waals surface area (Å²) in [6.07, 6.45) is 0. The highest BCUT2D eigenvalue weighted by Crippen LogP contribution is 2.23. The number of hydrogen-bond donors (Lipinski definition) is 2. The van der Waals surface area contributed by atoms with Crippen LogP contribution in [0.15, 0.2) is 5.38 Å². The Morgan fingerprint density at radius 2 is 2.50 bits per heavy atom. The number of nitrogen functional groups attached to an aromatic ring is 1. The Morgan fingerprint density at radius 3 is 2.83 bits per heavy atom. The molecule has 0 spiro atoms. The summed E-state index contributed by atoms with van der Waals surface area (Å²) >= 11 is 1.16. The number of Topliss-reactive ketones (excluding diaryl/α,β-unsaturated/α-hetero) is 1. The maximum atomic E-state index is 10.9. The number of thiazole rings is 1. The van der Waals surface area contributed by atoms with E-state index < -0.39 is 11.4 Å². The second-order valence-corrected chi connectivity index (χ2v) is 3.38. The van der Waals surface area contributed by atoms with Crippen molar-refractivity contribution >= 4 is 22.3 Å². The second kappa shape index (κ2) is 2.84. The number of carbonyl (C=O) groups is 1. The molecule has 5 heteroatoms. The van der Waals surface area contributed by atoms with Crippen molar-refractivity contribution in [1.82, 2.24) is 4.98 Å². The minimum atomic E-state index is -1.76. The number of aliphatic hydroxyl groups is 1. The zero-order chi connectivity index (χ0) is 9.35. The van der Waals surface area contributed by atoms with Crippen LogP contribution in [0.4, 0.5) is 5.13 Å². The number of nitrogens with zero attached hydrogens (tertiary/aromatic N) is 1. The average molecular weight is 185 g/mol. The van der Waals surface area contributed by atoms with E-state index in [1.807, 2.05) is 0 Å². The van der Waals surface area contributed by atoms with Crippen LogP contribution in [0.5, 0.6) is 0 Å². The molecule has 0 fully saturated rings. The van der Waals surface area contributed by atoms with Crippen LogP contribution in [0.2, 0.25) is 0 Å². The Labute approximate surface area is 74.0 Å². The van der Waals surface area contributed by atoms with Gasteiger partial charge in [0.25, 0.3) is 0 Å². The molecule has 1 atom stereocenters. The van der Waals surface area contributed by atoms with Crippen LogP contribution in [-0.4, -0.2) is 15.9 Å². The summed E-state index contributed by atoms with van der Waals surface area (Å²) in [5, 5.41) is 11.3. The van der Waals surface area contributed by atoms with Gasteiger partial charge in [0.2, 0.25) is 0 Å². The van der Waals surface area contributed by atoms with Gasteiger partial charge in [0.05, 0.1) is 5.69 Å². The average Bonchev–Trinajstić information content (AvgIpc) is 2.35. The van der Waals surface area contributed by atoms with Gasteiger partial charge in [-0.25, -0.2) is 4.98 Å². The molecule has 0 aliphatic heterocycles. The zero-order valence-corrected chi connectivity index (χ0v) is 7.39. The Bertz CT molecular complexity index is 306. The first-order valence-corrected chi connectivity index (χ1v) is 4.13. The summed E-state index contributed by atoms with van der Waals surface area (Å²) in [4.78, 5) is 14.7. The van der Waals surface area contributed by atoms with E-state index in [0.29, 0.717) is 5.13 Å². The minimum absolute atomic E-state index is 0.206. The SMILES string of the molecule is [CH2]C(O)(C(C)=O)c1csc(N)n1. The van der Waals surface area contributed by atoms with Crippen molar-refractivity contribution in [2.24, 2.45) is 0 Å². The van der Waals surface area contributed by atoms with Gasteiger partial charge in [0.15, 0.2) is 16.5 Å². The van der Waals surface area contributed by atoms with Crippen molar-refractivity contribution in [2.45, 2.75) is 12.5 Å². The summed E-state index contributed by atoms with van der Waals surface area (Å²) in [5.41, 5.74) is 3.78. The third-order valence-corrected chi connectivity index (χ3v) is 2.20. The van der Waals surface area contributed by atoms with E-state index in [1.165, 1.54) is 12.3 Å². The number of anilines is 1. The lowest BCUT2D eigenvalue weighted by Crippen LogP contribution is -2.30. The van der Waals surface area contributed by atoms with Crippen LogP contribution in [-0.2, 0) is 10.4 Å². The first-order chi connectivity index (χ1) is 5.44. The third-order valence-electron chi connectivity index (χ3n) is 1.53. The molecule has 1 aromatic heterocycles. The molecule has 0 saturated heterocycles. The fourth-order valence-electron chi connectivity index (χ4n) is 0.658. The van der Waals surface area contributed by atoms with Gasteiger partial charge in [0, 0.05) is 5.38 Å². The highest BCUT2D eigenvalue weighted by molar-refractivity contribution is 7.13. The van der Waals surface area contributed by atoms with E-state index in [0.717, 1.165) is 11.3 Å². The summed E-state index contributed by atoms with van der Waals surface area (Å²) < 4.78 is 0. The lowest BCUT2D eigenvalue weighted by Gasteiger charge is -2.15. The molecule has 1 heterocycles. The number of rotatable bonds is 2. The molecule has 1 radical (unpaired) electrons. The molecule has 65 valence electrons. The van der Waals surface area contributed by atoms with Crippen LogP contribution in [0, 0.1) is 6.92 Å². The number of hydrogen-bond acceptors (Lipinski definition) is 5. The fourth-order valence-corrected chi connectivity index (χ4v) is 1.29. The van der Waals surface area contributed by atoms with Gasteiger partial charge in [-0.3, -0.25) is 4.79 Å². The second-order valence-electron chi connectivity index (χ2n) is 2.49. The van der Waals surface area contributed by atoms with Gasteiger partial charge < -0.3 is 10.8 Å². The van der Waals surface area contributed by atoms with Crippen LogP contribution in [0.25, 0.3) is 0 Å². The summed E-state index contributed by atoms with van der Waals surface area (Å²) in [5.74, 6) is -0.451. The van der Waals surface area contributed by atoms with Crippen LogP contribution in [0.3, 0.4) is 0 Å². The largest absolute Gasteiger partial charge is 0.376 e. The molecule has 1 unspecified atom stereocenters. The number of carbonyl (C=O) groups excluding carboxylic acids is 1. The third kappa shape index (κ3) is 1.46. The predicted octanol–water partition coefficient (Wildman–Crippen LogP) is 0.336. The molecule has 4 nitrogen and oxygen atoms in total. The van der Waals surface area contributed by atoms with Crippen molar-refractivity contribution in [2.75, 3.05) is 5.73 Å². The topological polar surface area (TPSA) is 76.2 Å². The molecule has 0 aromatic carbocycles. The van der Waals surface area contributed by atoms with Gasteiger partial charge in [0.1, 0.15) is 0 Å². The molecule has 1 rings (SSSR count). The maximum Gasteiger partial charge on any atom is 0.180 e. The van der Waals surface area contributed by atoms with Crippen LogP contribution in [0.1, 0.15) is 12.6 Å². The summed E-state index contributed by atoms with van der Waals surface area (Å²) in [6.45, 7) is 4.60. The molecule has 0 bridgehead atoms. The van der Waals surface area contributed by atoms with Gasteiger partial charge >= 0.3 is 0 Å². The highest BCUT2D eigenvalue weighted by Gasteiger charge is 2.31. The highest BCUT2D eigenvalue weighted by atomic mass is 32.1. The molecule has 0 amide bonds. The zero-order valence-electron chi connectivity index (χ0n) is 6.57. The molecule has 0 aliphatic carbocycles. The number of aromatic nitrogens is 1. The summed E-state index contributed by atoms with van der Waals surface area (Å²) in [6, 6.07) is 0. The van der Waals surface area contributed by atoms with E-state index in [9.17, 15) is 9.90 Å². The van der Waals surface area contributed by atoms with Gasteiger partial charge in [-0.1, -0.05) is 0 Å². The summed E-state index contributed by atoms with van der Waals surface area (Å²) in [7, 11) is 0. The molecule has 12 heavy (non-hydrogen) atoms. The lowest BCUT2D eigenvalue weighted by atomic mass is 9.99. The van der Waals surface area contributed by atoms with Crippen molar-refractivity contribution in [3.8, 4) is 0 Å². The van der Waals surface area contributed by atoms with Gasteiger partial charge in [-0.05, 0) is 13.8 Å². The van der Waals surface area contributed by atoms with Crippen LogP contribution >= 0.6 is 11.3 Å². The number of ketones is 1. The van der Waals surface area contributed by atoms with Crippen LogP contribution < -0.4 is 5.73 Å². The molecular weight excluding hydrogens is 176 g/mol. The first kappa shape index (κ1) is 9.15. The first-order valence-electron chi connectivity index (χ1n) is 3.25. The Morgan fingerprint density at radius 1 is 1.92 bits per heavy atom. The predicted molar refractivity (Wildman–Crippen MR) is 46.5 cm³/mol. The van der Waals surface area contributed by atoms with E-state index in [1.54, 1.807) is 0 Å². The smallest absolute Gasteiger partial charge is 0.180 e. The Balaban J connectivity index is 3.05. The molecule has 3 N–H and O–H groups in total. The fraction of sp³-hybridized carbons (Fsp3) is 0.286. The Kier molecular flexibility index (Phi) is 2.16. The molecule has 0 aliphatic rings. The van der Waals surface area contributed by atoms with Crippen molar-refractivity contribution in [3.63, 3.8) is 0 Å². The minimum Gasteiger partial charge on any atom is -0.376 e. The van der Waals surface area contributed by atoms with E-state index in [2.05, 4.69) is 11.9 Å². The number of nitrogens with two attached hydrogens (primary N) is 1. The van der Waals surface area contributed by atoms with Crippen molar-refractivity contribution in [1.29, 1.82) is 0 Å². The molecule has 0 saturated carbocycles. The lowest BCUT2D eigenvalue weighted by molar-refractivity contribution is -0.131. The van der Waals surface area contributed by atoms with E-state index in [-0.39, 0.29) is 5.69 Å². The monoisotopic (exact) mass is 185 g/mol. The van der Waals surface area contributed by atoms with Crippen molar-refractivity contribution < 1.29 is 9.90 Å². The molecule has 1 aromatic rings. The maximum absolute atomic E-state index is 10.9. The standard InChI is InChI=1S/C7H9N2O2S/c1-4(10)7(2,11)5-3-12-6(8)9-5/h3,11H,2H2,1H3,(H2,8,9). The normalized spacial score (nSPS) is 15.6. The quantitative estimate of drug-likeness (QED) is 0.696. The van der Waals surface area contributed by atoms with Gasteiger partial charge in [-0.2, -0.15) is 0 Å². The van der Waals surface area contributed by atoms with Crippen molar-refractivity contribution in [3.05, 3.63) is 18.0 Å². The molecular formula is C7H9N2O2S. The Hall–Kier alpha value is -0.940. The van der Waals surface area contributed by atoms with E-state index in [4.69, 9.17) is 5.73 Å². The van der Waals surface area contributed by atoms with E-state index >= 15 is 0 Å². The van der Waals surface area contributed by atoms with Gasteiger partial charge in [-0.15, -0.1) is 11.3 Å².